The molecule has 3 rings (SSSR count). The highest BCUT2D eigenvalue weighted by Gasteiger charge is 2.29. The molecule has 2 aliphatic rings. The van der Waals surface area contributed by atoms with Gasteiger partial charge in [0.1, 0.15) is 0 Å². The molecule has 2 heteroatoms. The van der Waals surface area contributed by atoms with Gasteiger partial charge >= 0.3 is 0 Å². The molecule has 1 aliphatic carbocycles. The highest BCUT2D eigenvalue weighted by Crippen LogP contribution is 2.38. The Morgan fingerprint density at radius 2 is 1.94 bits per heavy atom. The average Bonchev–Trinajstić information content (AvgIpc) is 3.04. The first kappa shape index (κ1) is 10.4. The van der Waals surface area contributed by atoms with Gasteiger partial charge in [-0.25, -0.2) is 0 Å². The van der Waals surface area contributed by atoms with Gasteiger partial charge in [0.15, 0.2) is 0 Å². The predicted molar refractivity (Wildman–Crippen MR) is 67.5 cm³/mol. The Balaban J connectivity index is 1.58. The Bertz CT molecular complexity index is 403. The zero-order chi connectivity index (χ0) is 11.0. The summed E-state index contributed by atoms with van der Waals surface area (Å²) in [5.41, 5.74) is 3.03. The molecule has 1 aromatic carbocycles. The van der Waals surface area contributed by atoms with Crippen LogP contribution in [0.1, 0.15) is 18.4 Å². The number of rotatable bonds is 3. The Kier molecular flexibility index (Phi) is 2.74. The first-order chi connectivity index (χ1) is 7.81. The molecule has 1 nitrogen and oxygen atoms in total. The molecule has 0 N–H and O–H groups in total. The van der Waals surface area contributed by atoms with Crippen LogP contribution in [0.5, 0.6) is 0 Å². The highest BCUT2D eigenvalue weighted by atomic mass is 35.5. The molecule has 1 aliphatic heterocycles. The van der Waals surface area contributed by atoms with Crippen LogP contribution in [0, 0.1) is 5.92 Å². The van der Waals surface area contributed by atoms with Gasteiger partial charge in [-0.05, 0) is 36.5 Å². The lowest BCUT2D eigenvalue weighted by Crippen LogP contribution is -2.20. The molecular formula is C14H16ClN. The van der Waals surface area contributed by atoms with Crippen molar-refractivity contribution in [1.29, 1.82) is 0 Å². The largest absolute Gasteiger partial charge is 0.291 e. The van der Waals surface area contributed by atoms with E-state index in [4.69, 9.17) is 11.6 Å². The Morgan fingerprint density at radius 1 is 1.19 bits per heavy atom. The van der Waals surface area contributed by atoms with Crippen molar-refractivity contribution >= 4 is 11.6 Å². The van der Waals surface area contributed by atoms with Gasteiger partial charge in [0.25, 0.3) is 0 Å². The van der Waals surface area contributed by atoms with Crippen molar-refractivity contribution in [3.8, 4) is 0 Å². The van der Waals surface area contributed by atoms with Gasteiger partial charge in [-0.15, -0.1) is 0 Å². The average molecular weight is 234 g/mol. The van der Waals surface area contributed by atoms with E-state index in [1.165, 1.54) is 24.9 Å². The number of hydrogen-bond acceptors (Lipinski definition) is 1. The molecule has 0 atom stereocenters. The van der Waals surface area contributed by atoms with E-state index in [1.54, 1.807) is 5.57 Å². The lowest BCUT2D eigenvalue weighted by atomic mass is 10.2. The van der Waals surface area contributed by atoms with Crippen molar-refractivity contribution < 1.29 is 0 Å². The van der Waals surface area contributed by atoms with E-state index < -0.39 is 0 Å². The fraction of sp³-hybridized carbons (Fsp3) is 0.429. The van der Waals surface area contributed by atoms with Crippen LogP contribution in [0.4, 0.5) is 0 Å². The minimum Gasteiger partial charge on any atom is -0.291 e. The fourth-order valence-corrected chi connectivity index (χ4v) is 2.48. The summed E-state index contributed by atoms with van der Waals surface area (Å²) >= 11 is 5.88. The molecule has 1 aromatic rings. The van der Waals surface area contributed by atoms with Crippen LogP contribution in [0.15, 0.2) is 35.9 Å². The third-order valence-electron chi connectivity index (χ3n) is 3.44. The smallest absolute Gasteiger partial charge is 0.0406 e. The molecule has 1 heterocycles. The van der Waals surface area contributed by atoms with E-state index in [9.17, 15) is 0 Å². The van der Waals surface area contributed by atoms with Gasteiger partial charge < -0.3 is 0 Å². The first-order valence-corrected chi connectivity index (χ1v) is 6.35. The predicted octanol–water partition coefficient (Wildman–Crippen LogP) is 3.49. The zero-order valence-electron chi connectivity index (χ0n) is 9.32. The fourth-order valence-electron chi connectivity index (χ4n) is 2.35. The summed E-state index contributed by atoms with van der Waals surface area (Å²) in [6, 6.07) is 8.19. The quantitative estimate of drug-likeness (QED) is 0.723. The Labute approximate surface area is 102 Å². The van der Waals surface area contributed by atoms with E-state index in [-0.39, 0.29) is 0 Å². The third kappa shape index (κ3) is 2.31. The molecule has 16 heavy (non-hydrogen) atoms. The highest BCUT2D eigenvalue weighted by molar-refractivity contribution is 6.30. The number of halogens is 1. The van der Waals surface area contributed by atoms with Crippen LogP contribution in [-0.2, 0) is 6.54 Å². The van der Waals surface area contributed by atoms with Crippen LogP contribution >= 0.6 is 11.6 Å². The van der Waals surface area contributed by atoms with E-state index in [2.05, 4.69) is 23.1 Å². The standard InChI is InChI=1S/C14H16ClN/c15-14-5-1-11(2-6-14)9-16-8-7-13(10-16)12-3-4-12/h1-2,5-7,12H,3-4,8-10H2. The third-order valence-corrected chi connectivity index (χ3v) is 3.69. The number of nitrogens with zero attached hydrogens (tertiary/aromatic N) is 1. The summed E-state index contributed by atoms with van der Waals surface area (Å²) in [6.07, 6.45) is 5.26. The number of hydrogen-bond donors (Lipinski definition) is 0. The molecule has 0 amide bonds. The molecule has 0 saturated heterocycles. The normalized spacial score (nSPS) is 21.2. The zero-order valence-corrected chi connectivity index (χ0v) is 10.1. The molecule has 0 spiro atoms. The van der Waals surface area contributed by atoms with Crippen molar-refractivity contribution in [2.75, 3.05) is 13.1 Å². The van der Waals surface area contributed by atoms with Crippen molar-refractivity contribution in [3.05, 3.63) is 46.5 Å². The molecular weight excluding hydrogens is 218 g/mol. The molecule has 84 valence electrons. The van der Waals surface area contributed by atoms with E-state index in [1.807, 2.05) is 12.1 Å². The lowest BCUT2D eigenvalue weighted by molar-refractivity contribution is 0.338. The second kappa shape index (κ2) is 4.23. The summed E-state index contributed by atoms with van der Waals surface area (Å²) in [7, 11) is 0. The summed E-state index contributed by atoms with van der Waals surface area (Å²) in [6.45, 7) is 3.34. The summed E-state index contributed by atoms with van der Waals surface area (Å²) in [4.78, 5) is 2.50. The van der Waals surface area contributed by atoms with Crippen molar-refractivity contribution in [1.82, 2.24) is 4.90 Å². The molecule has 1 fully saturated rings. The van der Waals surface area contributed by atoms with E-state index >= 15 is 0 Å². The molecule has 0 unspecified atom stereocenters. The minimum absolute atomic E-state index is 0.821. The van der Waals surface area contributed by atoms with Crippen molar-refractivity contribution in [2.45, 2.75) is 19.4 Å². The topological polar surface area (TPSA) is 3.24 Å². The lowest BCUT2D eigenvalue weighted by Gasteiger charge is -2.15. The Morgan fingerprint density at radius 3 is 2.62 bits per heavy atom. The molecule has 0 radical (unpaired) electrons. The van der Waals surface area contributed by atoms with Gasteiger partial charge in [-0.3, -0.25) is 4.90 Å². The maximum atomic E-state index is 5.88. The molecule has 0 aromatic heterocycles. The summed E-state index contributed by atoms with van der Waals surface area (Å²) < 4.78 is 0. The Hall–Kier alpha value is -0.790. The monoisotopic (exact) mass is 233 g/mol. The van der Waals surface area contributed by atoms with Gasteiger partial charge in [0, 0.05) is 24.7 Å². The molecule has 1 saturated carbocycles. The van der Waals surface area contributed by atoms with Crippen LogP contribution in [-0.4, -0.2) is 18.0 Å². The molecule has 0 bridgehead atoms. The summed E-state index contributed by atoms with van der Waals surface area (Å²) in [5, 5.41) is 0.821. The second-order valence-corrected chi connectivity index (χ2v) is 5.29. The van der Waals surface area contributed by atoms with Crippen molar-refractivity contribution in [3.63, 3.8) is 0 Å². The van der Waals surface area contributed by atoms with Gasteiger partial charge in [-0.1, -0.05) is 35.4 Å². The number of benzene rings is 1. The summed E-state index contributed by atoms with van der Waals surface area (Å²) in [5.74, 6) is 0.926. The minimum atomic E-state index is 0.821. The van der Waals surface area contributed by atoms with Crippen LogP contribution in [0.3, 0.4) is 0 Å². The van der Waals surface area contributed by atoms with Crippen LogP contribution in [0.25, 0.3) is 0 Å². The van der Waals surface area contributed by atoms with Gasteiger partial charge in [0.2, 0.25) is 0 Å². The maximum Gasteiger partial charge on any atom is 0.0406 e. The van der Waals surface area contributed by atoms with Gasteiger partial charge in [0.05, 0.1) is 0 Å². The van der Waals surface area contributed by atoms with Crippen LogP contribution in [0.2, 0.25) is 5.02 Å². The van der Waals surface area contributed by atoms with Crippen LogP contribution < -0.4 is 0 Å². The van der Waals surface area contributed by atoms with E-state index in [0.29, 0.717) is 0 Å². The van der Waals surface area contributed by atoms with E-state index in [0.717, 1.165) is 24.0 Å². The SMILES string of the molecule is Clc1ccc(CN2CC=C(C3CC3)C2)cc1. The second-order valence-electron chi connectivity index (χ2n) is 4.85. The first-order valence-electron chi connectivity index (χ1n) is 5.97. The van der Waals surface area contributed by atoms with Gasteiger partial charge in [-0.2, -0.15) is 0 Å². The maximum absolute atomic E-state index is 5.88. The van der Waals surface area contributed by atoms with Crippen molar-refractivity contribution in [2.24, 2.45) is 5.92 Å².